The van der Waals surface area contributed by atoms with E-state index < -0.39 is 0 Å². The van der Waals surface area contributed by atoms with Gasteiger partial charge in [0.05, 0.1) is 0 Å². The van der Waals surface area contributed by atoms with Crippen molar-refractivity contribution in [1.29, 1.82) is 0 Å². The van der Waals surface area contributed by atoms with Gasteiger partial charge in [0.15, 0.2) is 0 Å². The highest BCUT2D eigenvalue weighted by Crippen LogP contribution is 2.12. The third-order valence-corrected chi connectivity index (χ3v) is 2.27. The van der Waals surface area contributed by atoms with Gasteiger partial charge >= 0.3 is 0 Å². The Morgan fingerprint density at radius 2 is 1.86 bits per heavy atom. The van der Waals surface area contributed by atoms with Gasteiger partial charge in [-0.3, -0.25) is 19.3 Å². The fraction of sp³-hybridized carbons (Fsp3) is 0.667. The molecule has 0 saturated carbocycles. The lowest BCUT2D eigenvalue weighted by molar-refractivity contribution is -0.151. The van der Waals surface area contributed by atoms with Gasteiger partial charge in [-0.1, -0.05) is 0 Å². The zero-order valence-electron chi connectivity index (χ0n) is 8.45. The minimum atomic E-state index is -0.186. The van der Waals surface area contributed by atoms with Crippen LogP contribution in [-0.2, 0) is 14.4 Å². The van der Waals surface area contributed by atoms with Gasteiger partial charge < -0.3 is 4.90 Å². The Kier molecular flexibility index (Phi) is 3.22. The molecule has 0 N–H and O–H groups in total. The van der Waals surface area contributed by atoms with Gasteiger partial charge in [0.2, 0.25) is 17.7 Å². The zero-order valence-corrected chi connectivity index (χ0v) is 8.45. The van der Waals surface area contributed by atoms with E-state index in [4.69, 9.17) is 0 Å². The summed E-state index contributed by atoms with van der Waals surface area (Å²) in [5.41, 5.74) is 0. The van der Waals surface area contributed by atoms with Crippen molar-refractivity contribution < 1.29 is 14.4 Å². The van der Waals surface area contributed by atoms with E-state index in [-0.39, 0.29) is 24.4 Å². The van der Waals surface area contributed by atoms with E-state index in [0.29, 0.717) is 19.3 Å². The van der Waals surface area contributed by atoms with E-state index in [1.165, 1.54) is 11.8 Å². The molecule has 1 aliphatic heterocycles. The van der Waals surface area contributed by atoms with Crippen LogP contribution >= 0.6 is 0 Å². The second-order valence-electron chi connectivity index (χ2n) is 3.43. The molecule has 0 aliphatic carbocycles. The molecular formula is C9H14N2O3. The van der Waals surface area contributed by atoms with Crippen LogP contribution in [0.4, 0.5) is 0 Å². The molecule has 0 atom stereocenters. The maximum Gasteiger partial charge on any atom is 0.230 e. The summed E-state index contributed by atoms with van der Waals surface area (Å²) >= 11 is 0. The van der Waals surface area contributed by atoms with Crippen LogP contribution in [0.3, 0.4) is 0 Å². The molecule has 1 saturated heterocycles. The van der Waals surface area contributed by atoms with Crippen molar-refractivity contribution in [2.45, 2.75) is 26.2 Å². The molecule has 0 spiro atoms. The van der Waals surface area contributed by atoms with Crippen LogP contribution in [0, 0.1) is 0 Å². The van der Waals surface area contributed by atoms with Crippen LogP contribution in [0.25, 0.3) is 0 Å². The summed E-state index contributed by atoms with van der Waals surface area (Å²) in [5, 5.41) is 0. The number of carbonyl (C=O) groups is 3. The van der Waals surface area contributed by atoms with Gasteiger partial charge in [-0.15, -0.1) is 0 Å². The van der Waals surface area contributed by atoms with E-state index in [2.05, 4.69) is 0 Å². The van der Waals surface area contributed by atoms with E-state index in [0.717, 1.165) is 4.90 Å². The van der Waals surface area contributed by atoms with Crippen molar-refractivity contribution in [3.63, 3.8) is 0 Å². The fourth-order valence-electron chi connectivity index (χ4n) is 1.27. The molecule has 0 aromatic rings. The highest BCUT2D eigenvalue weighted by molar-refractivity contribution is 5.97. The van der Waals surface area contributed by atoms with E-state index >= 15 is 0 Å². The van der Waals surface area contributed by atoms with Crippen LogP contribution in [0.15, 0.2) is 0 Å². The summed E-state index contributed by atoms with van der Waals surface area (Å²) < 4.78 is 0. The molecule has 1 fully saturated rings. The lowest BCUT2D eigenvalue weighted by Crippen LogP contribution is -2.47. The quantitative estimate of drug-likeness (QED) is 0.585. The molecule has 5 heteroatoms. The highest BCUT2D eigenvalue weighted by atomic mass is 16.2. The number of amides is 3. The number of imide groups is 1. The average molecular weight is 198 g/mol. The van der Waals surface area contributed by atoms with Gasteiger partial charge in [0, 0.05) is 26.8 Å². The Morgan fingerprint density at radius 1 is 1.36 bits per heavy atom. The summed E-state index contributed by atoms with van der Waals surface area (Å²) in [6.45, 7) is 1.48. The van der Waals surface area contributed by atoms with Crippen molar-refractivity contribution in [3.05, 3.63) is 0 Å². The third-order valence-electron chi connectivity index (χ3n) is 2.27. The molecule has 1 heterocycles. The second kappa shape index (κ2) is 4.21. The summed E-state index contributed by atoms with van der Waals surface area (Å²) in [7, 11) is 1.57. The number of nitrogens with zero attached hydrogens (tertiary/aromatic N) is 2. The Labute approximate surface area is 82.7 Å². The molecule has 0 bridgehead atoms. The first-order chi connectivity index (χ1) is 6.52. The Morgan fingerprint density at radius 3 is 2.29 bits per heavy atom. The first-order valence-corrected chi connectivity index (χ1v) is 4.57. The van der Waals surface area contributed by atoms with Crippen LogP contribution in [0.5, 0.6) is 0 Å². The predicted octanol–water partition coefficient (Wildman–Crippen LogP) is -0.0387. The lowest BCUT2D eigenvalue weighted by Gasteiger charge is -2.28. The largest absolute Gasteiger partial charge is 0.328 e. The van der Waals surface area contributed by atoms with Crippen LogP contribution in [0.1, 0.15) is 26.2 Å². The van der Waals surface area contributed by atoms with Crippen LogP contribution in [-0.4, -0.2) is 41.2 Å². The first-order valence-electron chi connectivity index (χ1n) is 4.57. The zero-order chi connectivity index (χ0) is 10.7. The monoisotopic (exact) mass is 198 g/mol. The fourth-order valence-corrected chi connectivity index (χ4v) is 1.27. The SMILES string of the molecule is CC(=O)N(C)CN1C(=O)CCCC1=O. The minimum absolute atomic E-state index is 0.0764. The first kappa shape index (κ1) is 10.7. The number of likely N-dealkylation sites (tertiary alicyclic amines) is 1. The number of piperidine rings is 1. The van der Waals surface area contributed by atoms with Crippen LogP contribution < -0.4 is 0 Å². The number of rotatable bonds is 2. The normalized spacial score (nSPS) is 17.1. The lowest BCUT2D eigenvalue weighted by atomic mass is 10.1. The van der Waals surface area contributed by atoms with Crippen LogP contribution in [0.2, 0.25) is 0 Å². The Bertz CT molecular complexity index is 259. The Hall–Kier alpha value is -1.39. The molecule has 14 heavy (non-hydrogen) atoms. The van der Waals surface area contributed by atoms with E-state index in [1.54, 1.807) is 7.05 Å². The van der Waals surface area contributed by atoms with Crippen molar-refractivity contribution in [1.82, 2.24) is 9.80 Å². The summed E-state index contributed by atoms with van der Waals surface area (Å²) in [6, 6.07) is 0. The molecule has 0 aromatic heterocycles. The third kappa shape index (κ3) is 2.31. The summed E-state index contributed by atoms with van der Waals surface area (Å²) in [5.74, 6) is -0.528. The van der Waals surface area contributed by atoms with Gasteiger partial charge in [0.1, 0.15) is 6.67 Å². The topological polar surface area (TPSA) is 57.7 Å². The van der Waals surface area contributed by atoms with Crippen molar-refractivity contribution >= 4 is 17.7 Å². The molecule has 0 aromatic carbocycles. The van der Waals surface area contributed by atoms with E-state index in [9.17, 15) is 14.4 Å². The highest BCUT2D eigenvalue weighted by Gasteiger charge is 2.26. The summed E-state index contributed by atoms with van der Waals surface area (Å²) in [4.78, 5) is 36.1. The maximum atomic E-state index is 11.3. The molecular weight excluding hydrogens is 184 g/mol. The molecule has 1 rings (SSSR count). The predicted molar refractivity (Wildman–Crippen MR) is 49.0 cm³/mol. The van der Waals surface area contributed by atoms with Crippen molar-refractivity contribution in [2.75, 3.05) is 13.7 Å². The van der Waals surface area contributed by atoms with Gasteiger partial charge in [-0.25, -0.2) is 0 Å². The minimum Gasteiger partial charge on any atom is -0.328 e. The van der Waals surface area contributed by atoms with E-state index in [1.807, 2.05) is 0 Å². The smallest absolute Gasteiger partial charge is 0.230 e. The summed E-state index contributed by atoms with van der Waals surface area (Å²) in [6.07, 6.45) is 1.42. The number of hydrogen-bond acceptors (Lipinski definition) is 3. The number of carbonyl (C=O) groups excluding carboxylic acids is 3. The second-order valence-corrected chi connectivity index (χ2v) is 3.43. The van der Waals surface area contributed by atoms with Gasteiger partial charge in [0.25, 0.3) is 0 Å². The standard InChI is InChI=1S/C9H14N2O3/c1-7(12)10(2)6-11-8(13)4-3-5-9(11)14/h3-6H2,1-2H3. The Balaban J connectivity index is 2.61. The van der Waals surface area contributed by atoms with Gasteiger partial charge in [-0.2, -0.15) is 0 Å². The van der Waals surface area contributed by atoms with Crippen molar-refractivity contribution in [3.8, 4) is 0 Å². The van der Waals surface area contributed by atoms with Crippen molar-refractivity contribution in [2.24, 2.45) is 0 Å². The van der Waals surface area contributed by atoms with Gasteiger partial charge in [-0.05, 0) is 6.42 Å². The molecule has 5 nitrogen and oxygen atoms in total. The maximum absolute atomic E-state index is 11.3. The molecule has 3 amide bonds. The molecule has 0 radical (unpaired) electrons. The molecule has 1 aliphatic rings. The molecule has 0 unspecified atom stereocenters. The number of hydrogen-bond donors (Lipinski definition) is 0. The average Bonchev–Trinajstić information content (AvgIpc) is 2.11. The molecule has 78 valence electrons.